The third-order valence-electron chi connectivity index (χ3n) is 3.17. The fourth-order valence-electron chi connectivity index (χ4n) is 2.00. The molecule has 0 amide bonds. The number of carbonyl (C=O) groups is 1. The second kappa shape index (κ2) is 3.84. The Balaban J connectivity index is 2.73. The number of benzene rings is 1. The maximum absolute atomic E-state index is 11.7. The van der Waals surface area contributed by atoms with Gasteiger partial charge in [-0.3, -0.25) is 4.79 Å². The highest BCUT2D eigenvalue weighted by Crippen LogP contribution is 2.35. The van der Waals surface area contributed by atoms with Gasteiger partial charge in [-0.05, 0) is 32.9 Å². The van der Waals surface area contributed by atoms with Gasteiger partial charge in [-0.25, -0.2) is 4.99 Å². The number of para-hydroxylation sites is 1. The van der Waals surface area contributed by atoms with E-state index < -0.39 is 5.41 Å². The molecular weight excluding hydrogens is 212 g/mol. The number of Topliss-reactive ketones (excluding diaryl/α,β-unsaturated/α-hetero) is 1. The van der Waals surface area contributed by atoms with E-state index >= 15 is 0 Å². The highest BCUT2D eigenvalue weighted by atomic mass is 16.1. The summed E-state index contributed by atoms with van der Waals surface area (Å²) >= 11 is 0. The van der Waals surface area contributed by atoms with Crippen molar-refractivity contribution in [1.29, 1.82) is 0 Å². The molecule has 0 aliphatic carbocycles. The molecule has 3 nitrogen and oxygen atoms in total. The van der Waals surface area contributed by atoms with Crippen molar-refractivity contribution >= 4 is 23.4 Å². The summed E-state index contributed by atoms with van der Waals surface area (Å²) in [5, 5.41) is 0. The summed E-state index contributed by atoms with van der Waals surface area (Å²) in [5.74, 6) is 0.508. The average molecular weight is 228 g/mol. The smallest absolute Gasteiger partial charge is 0.156 e. The van der Waals surface area contributed by atoms with Crippen molar-refractivity contribution in [2.45, 2.75) is 20.8 Å². The summed E-state index contributed by atoms with van der Waals surface area (Å²) in [5.41, 5.74) is 7.94. The van der Waals surface area contributed by atoms with E-state index in [-0.39, 0.29) is 5.78 Å². The lowest BCUT2D eigenvalue weighted by molar-refractivity contribution is -0.114. The summed E-state index contributed by atoms with van der Waals surface area (Å²) in [7, 11) is 0. The normalized spacial score (nSPS) is 17.6. The van der Waals surface area contributed by atoms with Crippen LogP contribution in [0, 0.1) is 5.41 Å². The lowest BCUT2D eigenvalue weighted by atomic mass is 9.80. The van der Waals surface area contributed by atoms with Crippen LogP contribution in [0.15, 0.2) is 34.8 Å². The van der Waals surface area contributed by atoms with Crippen LogP contribution in [0.4, 0.5) is 5.69 Å². The Labute approximate surface area is 101 Å². The van der Waals surface area contributed by atoms with Gasteiger partial charge in [0.2, 0.25) is 0 Å². The van der Waals surface area contributed by atoms with E-state index in [9.17, 15) is 4.79 Å². The fraction of sp³-hybridized carbons (Fsp3) is 0.286. The van der Waals surface area contributed by atoms with Crippen molar-refractivity contribution in [3.8, 4) is 0 Å². The first kappa shape index (κ1) is 11.6. The predicted octanol–water partition coefficient (Wildman–Crippen LogP) is 2.69. The summed E-state index contributed by atoms with van der Waals surface area (Å²) in [6, 6.07) is 7.68. The van der Waals surface area contributed by atoms with Gasteiger partial charge in [-0.1, -0.05) is 18.2 Å². The van der Waals surface area contributed by atoms with E-state index in [1.54, 1.807) is 6.92 Å². The number of amidine groups is 1. The standard InChI is InChI=1S/C14H16N2O/c1-9(17)11-8-10-6-4-5-7-12(10)16-13(15)14(11,2)3/h4-8H,1-3H3,(H2,15,16). The Morgan fingerprint density at radius 1 is 1.29 bits per heavy atom. The van der Waals surface area contributed by atoms with E-state index in [0.717, 1.165) is 11.3 Å². The predicted molar refractivity (Wildman–Crippen MR) is 70.2 cm³/mol. The third kappa shape index (κ3) is 1.88. The highest BCUT2D eigenvalue weighted by Gasteiger charge is 2.32. The van der Waals surface area contributed by atoms with Crippen LogP contribution in [0.2, 0.25) is 0 Å². The van der Waals surface area contributed by atoms with Gasteiger partial charge in [-0.2, -0.15) is 0 Å². The number of hydrogen-bond donors (Lipinski definition) is 1. The van der Waals surface area contributed by atoms with Crippen molar-refractivity contribution in [2.24, 2.45) is 16.1 Å². The Kier molecular flexibility index (Phi) is 2.62. The molecule has 0 atom stereocenters. The first-order chi connectivity index (χ1) is 7.93. The minimum absolute atomic E-state index is 0.0323. The summed E-state index contributed by atoms with van der Waals surface area (Å²) in [6.45, 7) is 5.41. The first-order valence-electron chi connectivity index (χ1n) is 5.59. The molecule has 0 aromatic heterocycles. The van der Waals surface area contributed by atoms with Gasteiger partial charge in [0.05, 0.1) is 11.1 Å². The van der Waals surface area contributed by atoms with Gasteiger partial charge in [0, 0.05) is 11.1 Å². The molecule has 0 saturated heterocycles. The molecule has 0 spiro atoms. The molecule has 1 aromatic rings. The molecule has 2 rings (SSSR count). The van der Waals surface area contributed by atoms with Gasteiger partial charge in [0.1, 0.15) is 5.84 Å². The third-order valence-corrected chi connectivity index (χ3v) is 3.17. The molecule has 0 saturated carbocycles. The van der Waals surface area contributed by atoms with Gasteiger partial charge >= 0.3 is 0 Å². The maximum atomic E-state index is 11.7. The van der Waals surface area contributed by atoms with Gasteiger partial charge in [0.25, 0.3) is 0 Å². The number of hydrogen-bond acceptors (Lipinski definition) is 3. The zero-order valence-electron chi connectivity index (χ0n) is 10.3. The maximum Gasteiger partial charge on any atom is 0.156 e. The largest absolute Gasteiger partial charge is 0.386 e. The quantitative estimate of drug-likeness (QED) is 0.803. The van der Waals surface area contributed by atoms with E-state index in [1.807, 2.05) is 44.2 Å². The molecule has 1 aliphatic rings. The molecule has 0 bridgehead atoms. The van der Waals surface area contributed by atoms with Crippen molar-refractivity contribution in [3.63, 3.8) is 0 Å². The molecule has 3 heteroatoms. The monoisotopic (exact) mass is 228 g/mol. The van der Waals surface area contributed by atoms with Crippen LogP contribution in [0.25, 0.3) is 6.08 Å². The average Bonchev–Trinajstić information content (AvgIpc) is 2.35. The second-order valence-corrected chi connectivity index (χ2v) is 4.80. The Bertz CT molecular complexity index is 539. The number of aliphatic imine (C=N–C) groups is 1. The van der Waals surface area contributed by atoms with E-state index in [0.29, 0.717) is 11.4 Å². The molecule has 1 aliphatic heterocycles. The molecule has 17 heavy (non-hydrogen) atoms. The van der Waals surface area contributed by atoms with Crippen LogP contribution in [-0.2, 0) is 4.79 Å². The molecule has 0 unspecified atom stereocenters. The summed E-state index contributed by atoms with van der Waals surface area (Å²) < 4.78 is 0. The van der Waals surface area contributed by atoms with Crippen LogP contribution in [0.3, 0.4) is 0 Å². The van der Waals surface area contributed by atoms with Crippen LogP contribution >= 0.6 is 0 Å². The number of carbonyl (C=O) groups excluding carboxylic acids is 1. The minimum atomic E-state index is -0.523. The zero-order chi connectivity index (χ0) is 12.6. The van der Waals surface area contributed by atoms with Gasteiger partial charge < -0.3 is 5.73 Å². The number of nitrogens with zero attached hydrogens (tertiary/aromatic N) is 1. The van der Waals surface area contributed by atoms with E-state index in [1.165, 1.54) is 0 Å². The second-order valence-electron chi connectivity index (χ2n) is 4.80. The number of nitrogens with two attached hydrogens (primary N) is 1. The Hall–Kier alpha value is -1.90. The van der Waals surface area contributed by atoms with Crippen molar-refractivity contribution in [2.75, 3.05) is 0 Å². The topological polar surface area (TPSA) is 55.5 Å². The van der Waals surface area contributed by atoms with Crippen molar-refractivity contribution in [3.05, 3.63) is 35.4 Å². The molecule has 0 fully saturated rings. The lowest BCUT2D eigenvalue weighted by Gasteiger charge is -2.24. The molecule has 1 aromatic carbocycles. The molecule has 1 heterocycles. The molecule has 2 N–H and O–H groups in total. The zero-order valence-corrected chi connectivity index (χ0v) is 10.3. The number of rotatable bonds is 1. The number of fused-ring (bicyclic) bond motifs is 1. The Morgan fingerprint density at radius 3 is 2.59 bits per heavy atom. The lowest BCUT2D eigenvalue weighted by Crippen LogP contribution is -2.35. The van der Waals surface area contributed by atoms with E-state index in [2.05, 4.69) is 4.99 Å². The molecule has 88 valence electrons. The number of ketones is 1. The highest BCUT2D eigenvalue weighted by molar-refractivity contribution is 6.08. The van der Waals surface area contributed by atoms with Gasteiger partial charge in [0.15, 0.2) is 5.78 Å². The fourth-order valence-corrected chi connectivity index (χ4v) is 2.00. The summed E-state index contributed by atoms with van der Waals surface area (Å²) in [4.78, 5) is 16.2. The first-order valence-corrected chi connectivity index (χ1v) is 5.59. The van der Waals surface area contributed by atoms with Crippen LogP contribution in [0.5, 0.6) is 0 Å². The molecule has 0 radical (unpaired) electrons. The van der Waals surface area contributed by atoms with Crippen molar-refractivity contribution in [1.82, 2.24) is 0 Å². The molecular formula is C14H16N2O. The Morgan fingerprint density at radius 2 is 1.94 bits per heavy atom. The summed E-state index contributed by atoms with van der Waals surface area (Å²) in [6.07, 6.45) is 1.89. The minimum Gasteiger partial charge on any atom is -0.386 e. The van der Waals surface area contributed by atoms with Crippen molar-refractivity contribution < 1.29 is 4.79 Å². The SMILES string of the molecule is CC(=O)C1=Cc2ccccc2N=C(N)C1(C)C. The van der Waals surface area contributed by atoms with E-state index in [4.69, 9.17) is 5.73 Å². The van der Waals surface area contributed by atoms with Gasteiger partial charge in [-0.15, -0.1) is 0 Å². The van der Waals surface area contributed by atoms with Crippen LogP contribution < -0.4 is 5.73 Å². The van der Waals surface area contributed by atoms with Crippen LogP contribution in [0.1, 0.15) is 26.3 Å². The van der Waals surface area contributed by atoms with Crippen LogP contribution in [-0.4, -0.2) is 11.6 Å².